The highest BCUT2D eigenvalue weighted by Gasteiger charge is 2.37. The zero-order valence-corrected chi connectivity index (χ0v) is 19.1. The number of methoxy groups -OCH3 is 1. The van der Waals surface area contributed by atoms with Gasteiger partial charge in [0, 0.05) is 12.1 Å². The number of ether oxygens (including phenoxy) is 2. The molecule has 1 atom stereocenters. The Morgan fingerprint density at radius 3 is 2.60 bits per heavy atom. The number of nitrogens with zero attached hydrogens (tertiary/aromatic N) is 3. The Hall–Kier alpha value is -4.66. The number of carbonyl (C=O) groups is 1. The molecule has 1 N–H and O–H groups in total. The highest BCUT2D eigenvalue weighted by molar-refractivity contribution is 6.03. The fourth-order valence-corrected chi connectivity index (χ4v) is 4.37. The third-order valence-corrected chi connectivity index (χ3v) is 5.90. The molecule has 1 aromatic heterocycles. The second-order valence-electron chi connectivity index (χ2n) is 7.91. The average molecular weight is 470 g/mol. The molecule has 0 spiro atoms. The number of hydrogen-bond acceptors (Lipinski definition) is 7. The molecule has 0 aliphatic carbocycles. The number of rotatable bonds is 6. The van der Waals surface area contributed by atoms with E-state index in [9.17, 15) is 14.9 Å². The summed E-state index contributed by atoms with van der Waals surface area (Å²) in [5.74, 6) is 0.664. The summed E-state index contributed by atoms with van der Waals surface area (Å²) >= 11 is 0. The summed E-state index contributed by atoms with van der Waals surface area (Å²) in [6.45, 7) is 1.92. The SMILES string of the molecule is CCOC(=O)C1=C(c2ccc(OC)cc2)Nc2nc3ccccc3n2[C@H]1c1cccc([N+](=O)[O-])c1. The molecule has 2 heterocycles. The standard InChI is InChI=1S/C26H22N4O5/c1-3-35-25(31)22-23(16-11-13-19(34-2)14-12-16)28-26-27-20-9-4-5-10-21(20)29(26)24(22)17-7-6-8-18(15-17)30(32)33/h4-15,24H,3H2,1-2H3,(H,27,28)/t24-/m0/s1. The van der Waals surface area contributed by atoms with Gasteiger partial charge in [-0.2, -0.15) is 0 Å². The van der Waals surface area contributed by atoms with Crippen LogP contribution in [-0.2, 0) is 9.53 Å². The first-order valence-corrected chi connectivity index (χ1v) is 11.1. The molecular formula is C26H22N4O5. The number of anilines is 1. The molecule has 5 rings (SSSR count). The summed E-state index contributed by atoms with van der Waals surface area (Å²) < 4.78 is 12.6. The van der Waals surface area contributed by atoms with E-state index in [2.05, 4.69) is 5.32 Å². The first kappa shape index (κ1) is 22.1. The van der Waals surface area contributed by atoms with Crippen LogP contribution in [0.25, 0.3) is 16.7 Å². The summed E-state index contributed by atoms with van der Waals surface area (Å²) in [5.41, 5.74) is 3.58. The molecular weight excluding hydrogens is 448 g/mol. The minimum atomic E-state index is -0.713. The van der Waals surface area contributed by atoms with Crippen molar-refractivity contribution in [2.45, 2.75) is 13.0 Å². The van der Waals surface area contributed by atoms with E-state index in [4.69, 9.17) is 14.5 Å². The Labute approximate surface area is 200 Å². The largest absolute Gasteiger partial charge is 0.497 e. The fourth-order valence-electron chi connectivity index (χ4n) is 4.37. The lowest BCUT2D eigenvalue weighted by atomic mass is 9.92. The van der Waals surface area contributed by atoms with Crippen LogP contribution in [0.15, 0.2) is 78.4 Å². The number of fused-ring (bicyclic) bond motifs is 3. The smallest absolute Gasteiger partial charge is 0.338 e. The number of esters is 1. The summed E-state index contributed by atoms with van der Waals surface area (Å²) in [4.78, 5) is 29.3. The highest BCUT2D eigenvalue weighted by Crippen LogP contribution is 2.43. The van der Waals surface area contributed by atoms with Crippen molar-refractivity contribution in [3.8, 4) is 5.75 Å². The van der Waals surface area contributed by atoms with E-state index in [0.29, 0.717) is 28.5 Å². The van der Waals surface area contributed by atoms with E-state index in [-0.39, 0.29) is 12.3 Å². The maximum Gasteiger partial charge on any atom is 0.338 e. The van der Waals surface area contributed by atoms with Crippen LogP contribution in [0.3, 0.4) is 0 Å². The monoisotopic (exact) mass is 470 g/mol. The van der Waals surface area contributed by atoms with Gasteiger partial charge in [0.1, 0.15) is 5.75 Å². The maximum absolute atomic E-state index is 13.5. The molecule has 0 saturated heterocycles. The molecule has 9 heteroatoms. The summed E-state index contributed by atoms with van der Waals surface area (Å²) in [6, 6.07) is 20.4. The Morgan fingerprint density at radius 2 is 1.89 bits per heavy atom. The van der Waals surface area contributed by atoms with Crippen molar-refractivity contribution in [3.63, 3.8) is 0 Å². The summed E-state index contributed by atoms with van der Waals surface area (Å²) in [5, 5.41) is 14.9. The van der Waals surface area contributed by atoms with Gasteiger partial charge in [0.15, 0.2) is 0 Å². The first-order valence-electron chi connectivity index (χ1n) is 11.1. The van der Waals surface area contributed by atoms with Crippen molar-refractivity contribution in [1.82, 2.24) is 9.55 Å². The van der Waals surface area contributed by atoms with Crippen LogP contribution in [0.1, 0.15) is 24.1 Å². The van der Waals surface area contributed by atoms with Gasteiger partial charge in [0.25, 0.3) is 5.69 Å². The number of nitro groups is 1. The van der Waals surface area contributed by atoms with E-state index in [1.54, 1.807) is 38.3 Å². The van der Waals surface area contributed by atoms with Gasteiger partial charge in [-0.1, -0.05) is 24.3 Å². The zero-order chi connectivity index (χ0) is 24.5. The van der Waals surface area contributed by atoms with Crippen molar-refractivity contribution < 1.29 is 19.2 Å². The molecule has 0 radical (unpaired) electrons. The molecule has 0 saturated carbocycles. The average Bonchev–Trinajstić information content (AvgIpc) is 3.26. The predicted octanol–water partition coefficient (Wildman–Crippen LogP) is 4.94. The lowest BCUT2D eigenvalue weighted by Crippen LogP contribution is -2.29. The van der Waals surface area contributed by atoms with Gasteiger partial charge in [-0.25, -0.2) is 9.78 Å². The van der Waals surface area contributed by atoms with Crippen LogP contribution < -0.4 is 10.1 Å². The third-order valence-electron chi connectivity index (χ3n) is 5.90. The molecule has 3 aromatic carbocycles. The van der Waals surface area contributed by atoms with E-state index in [1.807, 2.05) is 41.0 Å². The van der Waals surface area contributed by atoms with Gasteiger partial charge < -0.3 is 14.8 Å². The van der Waals surface area contributed by atoms with Crippen molar-refractivity contribution in [2.24, 2.45) is 0 Å². The Balaban J connectivity index is 1.82. The molecule has 0 amide bonds. The molecule has 4 aromatic rings. The maximum atomic E-state index is 13.5. The fraction of sp³-hybridized carbons (Fsp3) is 0.154. The number of hydrogen-bond donors (Lipinski definition) is 1. The third kappa shape index (κ3) is 3.86. The van der Waals surface area contributed by atoms with Crippen LogP contribution in [0.4, 0.5) is 11.6 Å². The van der Waals surface area contributed by atoms with Crippen molar-refractivity contribution in [2.75, 3.05) is 19.0 Å². The lowest BCUT2D eigenvalue weighted by molar-refractivity contribution is -0.384. The van der Waals surface area contributed by atoms with Gasteiger partial charge in [-0.15, -0.1) is 0 Å². The Bertz CT molecular complexity index is 1470. The molecule has 9 nitrogen and oxygen atoms in total. The second-order valence-corrected chi connectivity index (χ2v) is 7.91. The van der Waals surface area contributed by atoms with Crippen LogP contribution in [0, 0.1) is 10.1 Å². The quantitative estimate of drug-likeness (QED) is 0.241. The van der Waals surface area contributed by atoms with Crippen molar-refractivity contribution >= 4 is 34.3 Å². The van der Waals surface area contributed by atoms with Crippen LogP contribution in [0.5, 0.6) is 5.75 Å². The summed E-state index contributed by atoms with van der Waals surface area (Å²) in [6.07, 6.45) is 0. The number of imidazole rings is 1. The van der Waals surface area contributed by atoms with Gasteiger partial charge in [-0.05, 0) is 54.4 Å². The van der Waals surface area contributed by atoms with Gasteiger partial charge in [-0.3, -0.25) is 14.7 Å². The van der Waals surface area contributed by atoms with Gasteiger partial charge in [0.05, 0.1) is 47.0 Å². The van der Waals surface area contributed by atoms with E-state index in [1.165, 1.54) is 12.1 Å². The van der Waals surface area contributed by atoms with Crippen molar-refractivity contribution in [1.29, 1.82) is 0 Å². The second kappa shape index (κ2) is 8.94. The molecule has 0 fully saturated rings. The van der Waals surface area contributed by atoms with Crippen LogP contribution >= 0.6 is 0 Å². The topological polar surface area (TPSA) is 109 Å². The number of aromatic nitrogens is 2. The highest BCUT2D eigenvalue weighted by atomic mass is 16.6. The predicted molar refractivity (Wildman–Crippen MR) is 131 cm³/mol. The van der Waals surface area contributed by atoms with Crippen molar-refractivity contribution in [3.05, 3.63) is 99.6 Å². The Morgan fingerprint density at radius 1 is 1.11 bits per heavy atom. The summed E-state index contributed by atoms with van der Waals surface area (Å²) in [7, 11) is 1.58. The number of nitro benzene ring substituents is 1. The number of benzene rings is 3. The molecule has 0 bridgehead atoms. The molecule has 35 heavy (non-hydrogen) atoms. The number of para-hydroxylation sites is 2. The van der Waals surface area contributed by atoms with Crippen LogP contribution in [-0.4, -0.2) is 34.2 Å². The van der Waals surface area contributed by atoms with Gasteiger partial charge >= 0.3 is 5.97 Å². The van der Waals surface area contributed by atoms with Crippen LogP contribution in [0.2, 0.25) is 0 Å². The lowest BCUT2D eigenvalue weighted by Gasteiger charge is -2.31. The number of non-ortho nitro benzene ring substituents is 1. The van der Waals surface area contributed by atoms with E-state index in [0.717, 1.165) is 16.6 Å². The zero-order valence-electron chi connectivity index (χ0n) is 19.1. The number of carbonyl (C=O) groups excluding carboxylic acids is 1. The number of nitrogens with one attached hydrogen (secondary N) is 1. The molecule has 1 aliphatic heterocycles. The van der Waals surface area contributed by atoms with Gasteiger partial charge in [0.2, 0.25) is 5.95 Å². The minimum absolute atomic E-state index is 0.0683. The first-order chi connectivity index (χ1) is 17.0. The van der Waals surface area contributed by atoms with E-state index >= 15 is 0 Å². The molecule has 0 unspecified atom stereocenters. The minimum Gasteiger partial charge on any atom is -0.497 e. The molecule has 1 aliphatic rings. The normalized spacial score (nSPS) is 14.9. The Kier molecular flexibility index (Phi) is 5.66. The van der Waals surface area contributed by atoms with E-state index < -0.39 is 16.9 Å². The molecule has 176 valence electrons.